The highest BCUT2D eigenvalue weighted by atomic mass is 35.5. The summed E-state index contributed by atoms with van der Waals surface area (Å²) in [5, 5.41) is 0.744. The Bertz CT molecular complexity index is 483. The Hall–Kier alpha value is -0.930. The van der Waals surface area contributed by atoms with Gasteiger partial charge in [0.25, 0.3) is 0 Å². The lowest BCUT2D eigenvalue weighted by Gasteiger charge is -2.18. The van der Waals surface area contributed by atoms with E-state index in [1.54, 1.807) is 0 Å². The van der Waals surface area contributed by atoms with Gasteiger partial charge in [-0.25, -0.2) is 0 Å². The van der Waals surface area contributed by atoms with Crippen molar-refractivity contribution in [1.82, 2.24) is 0 Å². The fraction of sp³-hybridized carbons (Fsp3) is 0.571. The number of benzene rings is 1. The number of halogens is 1. The Morgan fingerprint density at radius 3 is 2.78 bits per heavy atom. The van der Waals surface area contributed by atoms with Crippen LogP contribution in [0.15, 0.2) is 6.07 Å². The molecule has 1 saturated carbocycles. The average molecular weight is 268 g/mol. The van der Waals surface area contributed by atoms with Crippen molar-refractivity contribution in [2.75, 3.05) is 13.2 Å². The third-order valence-corrected chi connectivity index (χ3v) is 4.11. The SMILES string of the molecule is Cc1c(CC2(N)CC2)c(Cl)cc2c1OCCCO2. The Kier molecular flexibility index (Phi) is 2.91. The molecule has 0 saturated heterocycles. The fourth-order valence-electron chi connectivity index (χ4n) is 2.38. The third kappa shape index (κ3) is 2.17. The first-order valence-corrected chi connectivity index (χ1v) is 6.83. The van der Waals surface area contributed by atoms with Gasteiger partial charge in [-0.15, -0.1) is 0 Å². The standard InChI is InChI=1S/C14H18ClNO2/c1-9-10(8-14(16)3-4-14)11(15)7-12-13(9)18-6-2-5-17-12/h7H,2-6,8,16H2,1H3. The van der Waals surface area contributed by atoms with Crippen LogP contribution < -0.4 is 15.2 Å². The van der Waals surface area contributed by atoms with Crippen LogP contribution in [0, 0.1) is 6.92 Å². The average Bonchev–Trinajstić information content (AvgIpc) is 3.09. The summed E-state index contributed by atoms with van der Waals surface area (Å²) < 4.78 is 11.5. The number of nitrogens with two attached hydrogens (primary N) is 1. The molecule has 0 atom stereocenters. The quantitative estimate of drug-likeness (QED) is 0.896. The van der Waals surface area contributed by atoms with E-state index in [9.17, 15) is 0 Å². The molecule has 2 aliphatic rings. The molecular weight excluding hydrogens is 250 g/mol. The molecule has 1 aliphatic heterocycles. The monoisotopic (exact) mass is 267 g/mol. The largest absolute Gasteiger partial charge is 0.489 e. The van der Waals surface area contributed by atoms with Gasteiger partial charge in [-0.1, -0.05) is 11.6 Å². The predicted molar refractivity (Wildman–Crippen MR) is 71.7 cm³/mol. The minimum absolute atomic E-state index is 0.0474. The van der Waals surface area contributed by atoms with Crippen molar-refractivity contribution in [2.24, 2.45) is 5.73 Å². The predicted octanol–water partition coefficient (Wildman–Crippen LogP) is 2.84. The van der Waals surface area contributed by atoms with Crippen LogP contribution in [-0.2, 0) is 6.42 Å². The van der Waals surface area contributed by atoms with Crippen LogP contribution >= 0.6 is 11.6 Å². The topological polar surface area (TPSA) is 44.5 Å². The Morgan fingerprint density at radius 2 is 2.06 bits per heavy atom. The molecule has 0 bridgehead atoms. The van der Waals surface area contributed by atoms with Gasteiger partial charge < -0.3 is 15.2 Å². The van der Waals surface area contributed by atoms with Crippen molar-refractivity contribution in [3.8, 4) is 11.5 Å². The molecule has 1 aromatic rings. The molecule has 18 heavy (non-hydrogen) atoms. The van der Waals surface area contributed by atoms with E-state index in [1.165, 1.54) is 0 Å². The molecule has 1 aromatic carbocycles. The van der Waals surface area contributed by atoms with Gasteiger partial charge in [0.1, 0.15) is 0 Å². The maximum Gasteiger partial charge on any atom is 0.164 e. The summed E-state index contributed by atoms with van der Waals surface area (Å²) in [6.07, 6.45) is 3.89. The minimum Gasteiger partial charge on any atom is -0.489 e. The zero-order valence-electron chi connectivity index (χ0n) is 10.6. The molecule has 1 heterocycles. The second-order valence-corrected chi connectivity index (χ2v) is 5.79. The van der Waals surface area contributed by atoms with Crippen LogP contribution in [0.5, 0.6) is 11.5 Å². The van der Waals surface area contributed by atoms with Crippen LogP contribution in [0.1, 0.15) is 30.4 Å². The number of hydrogen-bond donors (Lipinski definition) is 1. The van der Waals surface area contributed by atoms with Crippen molar-refractivity contribution in [2.45, 2.75) is 38.1 Å². The van der Waals surface area contributed by atoms with Crippen molar-refractivity contribution < 1.29 is 9.47 Å². The number of rotatable bonds is 2. The first-order valence-electron chi connectivity index (χ1n) is 6.45. The maximum absolute atomic E-state index is 6.36. The van der Waals surface area contributed by atoms with Crippen LogP contribution in [0.2, 0.25) is 5.02 Å². The Morgan fingerprint density at radius 1 is 1.33 bits per heavy atom. The van der Waals surface area contributed by atoms with E-state index in [-0.39, 0.29) is 5.54 Å². The van der Waals surface area contributed by atoms with Crippen LogP contribution in [0.3, 0.4) is 0 Å². The van der Waals surface area contributed by atoms with Gasteiger partial charge in [-0.3, -0.25) is 0 Å². The number of hydrogen-bond acceptors (Lipinski definition) is 3. The Balaban J connectivity index is 2.01. The van der Waals surface area contributed by atoms with Crippen LogP contribution in [0.25, 0.3) is 0 Å². The molecule has 1 fully saturated rings. The van der Waals surface area contributed by atoms with Crippen molar-refractivity contribution in [1.29, 1.82) is 0 Å². The van der Waals surface area contributed by atoms with Crippen LogP contribution in [-0.4, -0.2) is 18.8 Å². The maximum atomic E-state index is 6.36. The highest BCUT2D eigenvalue weighted by Crippen LogP contribution is 2.43. The molecule has 0 aromatic heterocycles. The highest BCUT2D eigenvalue weighted by Gasteiger charge is 2.39. The van der Waals surface area contributed by atoms with E-state index in [0.717, 1.165) is 53.3 Å². The van der Waals surface area contributed by atoms with Gasteiger partial charge >= 0.3 is 0 Å². The normalized spacial score (nSPS) is 20.4. The second-order valence-electron chi connectivity index (χ2n) is 5.38. The second kappa shape index (κ2) is 4.32. The van der Waals surface area contributed by atoms with Crippen LogP contribution in [0.4, 0.5) is 0 Å². The lowest BCUT2D eigenvalue weighted by atomic mass is 9.99. The highest BCUT2D eigenvalue weighted by molar-refractivity contribution is 6.31. The molecule has 3 rings (SSSR count). The molecule has 3 nitrogen and oxygen atoms in total. The molecule has 2 N–H and O–H groups in total. The van der Waals surface area contributed by atoms with Crippen molar-refractivity contribution in [3.05, 3.63) is 22.2 Å². The molecule has 4 heteroatoms. The van der Waals surface area contributed by atoms with E-state index in [1.807, 2.05) is 13.0 Å². The fourth-order valence-corrected chi connectivity index (χ4v) is 2.68. The van der Waals surface area contributed by atoms with Crippen molar-refractivity contribution in [3.63, 3.8) is 0 Å². The summed E-state index contributed by atoms with van der Waals surface area (Å²) >= 11 is 6.36. The Labute approximate surface area is 112 Å². The zero-order chi connectivity index (χ0) is 12.8. The first-order chi connectivity index (χ1) is 8.59. The van der Waals surface area contributed by atoms with E-state index in [2.05, 4.69) is 0 Å². The number of ether oxygens (including phenoxy) is 2. The van der Waals surface area contributed by atoms with E-state index in [0.29, 0.717) is 13.2 Å². The molecular formula is C14H18ClNO2. The zero-order valence-corrected chi connectivity index (χ0v) is 11.3. The van der Waals surface area contributed by atoms with Gasteiger partial charge in [0.15, 0.2) is 11.5 Å². The number of fused-ring (bicyclic) bond motifs is 1. The van der Waals surface area contributed by atoms with Gasteiger partial charge in [-0.2, -0.15) is 0 Å². The van der Waals surface area contributed by atoms with Gasteiger partial charge in [0.2, 0.25) is 0 Å². The van der Waals surface area contributed by atoms with Gasteiger partial charge in [-0.05, 0) is 37.3 Å². The summed E-state index contributed by atoms with van der Waals surface area (Å²) in [6, 6.07) is 1.87. The van der Waals surface area contributed by atoms with Gasteiger partial charge in [0, 0.05) is 23.0 Å². The summed E-state index contributed by atoms with van der Waals surface area (Å²) in [4.78, 5) is 0. The van der Waals surface area contributed by atoms with Crippen molar-refractivity contribution >= 4 is 11.6 Å². The van der Waals surface area contributed by atoms with Gasteiger partial charge in [0.05, 0.1) is 13.2 Å². The molecule has 0 radical (unpaired) electrons. The summed E-state index contributed by atoms with van der Waals surface area (Å²) in [5.41, 5.74) is 8.34. The summed E-state index contributed by atoms with van der Waals surface area (Å²) in [5.74, 6) is 1.61. The molecule has 98 valence electrons. The van der Waals surface area contributed by atoms with E-state index >= 15 is 0 Å². The molecule has 0 amide bonds. The summed E-state index contributed by atoms with van der Waals surface area (Å²) in [7, 11) is 0. The van der Waals surface area contributed by atoms with E-state index in [4.69, 9.17) is 26.8 Å². The molecule has 0 unspecified atom stereocenters. The third-order valence-electron chi connectivity index (χ3n) is 3.78. The summed E-state index contributed by atoms with van der Waals surface area (Å²) in [6.45, 7) is 3.42. The van der Waals surface area contributed by atoms with E-state index < -0.39 is 0 Å². The smallest absolute Gasteiger partial charge is 0.164 e. The molecule has 1 aliphatic carbocycles. The lowest BCUT2D eigenvalue weighted by Crippen LogP contribution is -2.25. The first kappa shape index (κ1) is 12.1. The lowest BCUT2D eigenvalue weighted by molar-refractivity contribution is 0.296. The molecule has 0 spiro atoms. The minimum atomic E-state index is -0.0474.